The van der Waals surface area contributed by atoms with Crippen LogP contribution in [0.3, 0.4) is 0 Å². The molecule has 1 saturated heterocycles. The van der Waals surface area contributed by atoms with Gasteiger partial charge in [-0.25, -0.2) is 18.4 Å². The Kier molecular flexibility index (Phi) is 4.40. The predicted molar refractivity (Wildman–Crippen MR) is 68.9 cm³/mol. The Bertz CT molecular complexity index is 521. The highest BCUT2D eigenvalue weighted by Crippen LogP contribution is 2.30. The Morgan fingerprint density at radius 2 is 2.00 bits per heavy atom. The smallest absolute Gasteiger partial charge is 0.411 e. The molecule has 5 nitrogen and oxygen atoms in total. The molecule has 0 bridgehead atoms. The van der Waals surface area contributed by atoms with Gasteiger partial charge >= 0.3 is 12.1 Å². The molecule has 114 valence electrons. The normalized spacial score (nSPS) is 20.9. The second-order valence-corrected chi connectivity index (χ2v) is 4.92. The van der Waals surface area contributed by atoms with Crippen LogP contribution in [0.2, 0.25) is 0 Å². The third-order valence-corrected chi connectivity index (χ3v) is 3.29. The minimum atomic E-state index is -3.09. The molecule has 0 aromatic heterocycles. The summed E-state index contributed by atoms with van der Waals surface area (Å²) in [5, 5.41) is 9.02. The highest BCUT2D eigenvalue weighted by atomic mass is 19.3. The van der Waals surface area contributed by atoms with E-state index in [-0.39, 0.29) is 13.0 Å². The van der Waals surface area contributed by atoms with Crippen LogP contribution < -0.4 is 0 Å². The molecule has 7 heteroatoms. The minimum absolute atomic E-state index is 0.0892. The number of carbonyl (C=O) groups is 2. The largest absolute Gasteiger partial charge is 0.480 e. The van der Waals surface area contributed by atoms with E-state index in [9.17, 15) is 18.4 Å². The van der Waals surface area contributed by atoms with Gasteiger partial charge in [-0.1, -0.05) is 30.3 Å². The topological polar surface area (TPSA) is 66.8 Å². The number of hydrogen-bond donors (Lipinski definition) is 1. The number of likely N-dealkylation sites (tertiary alicyclic amines) is 1. The van der Waals surface area contributed by atoms with Crippen LogP contribution in [0.25, 0.3) is 0 Å². The molecule has 1 atom stereocenters. The second-order valence-electron chi connectivity index (χ2n) is 4.92. The van der Waals surface area contributed by atoms with Gasteiger partial charge in [0.1, 0.15) is 12.6 Å². The zero-order valence-electron chi connectivity index (χ0n) is 11.2. The first-order chi connectivity index (χ1) is 9.89. The van der Waals surface area contributed by atoms with Crippen molar-refractivity contribution in [3.63, 3.8) is 0 Å². The summed E-state index contributed by atoms with van der Waals surface area (Å²) in [4.78, 5) is 23.5. The maximum Gasteiger partial charge on any atom is 0.411 e. The van der Waals surface area contributed by atoms with Crippen LogP contribution in [0.1, 0.15) is 18.4 Å². The second kappa shape index (κ2) is 6.07. The minimum Gasteiger partial charge on any atom is -0.480 e. The first-order valence-electron chi connectivity index (χ1n) is 6.47. The molecule has 0 saturated carbocycles. The van der Waals surface area contributed by atoms with Crippen molar-refractivity contribution >= 4 is 12.1 Å². The molecule has 21 heavy (non-hydrogen) atoms. The summed E-state index contributed by atoms with van der Waals surface area (Å²) in [6, 6.07) is 7.44. The molecule has 1 aliphatic rings. The van der Waals surface area contributed by atoms with E-state index in [0.29, 0.717) is 10.5 Å². The number of aliphatic carboxylic acids is 1. The van der Waals surface area contributed by atoms with E-state index in [1.165, 1.54) is 0 Å². The van der Waals surface area contributed by atoms with Crippen molar-refractivity contribution in [2.24, 2.45) is 0 Å². The van der Waals surface area contributed by atoms with Gasteiger partial charge in [-0.3, -0.25) is 4.90 Å². The highest BCUT2D eigenvalue weighted by molar-refractivity contribution is 5.80. The van der Waals surface area contributed by atoms with Crippen LogP contribution >= 0.6 is 0 Å². The number of hydrogen-bond acceptors (Lipinski definition) is 3. The average Bonchev–Trinajstić information content (AvgIpc) is 2.44. The Morgan fingerprint density at radius 1 is 1.33 bits per heavy atom. The summed E-state index contributed by atoms with van der Waals surface area (Å²) in [6.07, 6.45) is -1.87. The number of carboxylic acids is 1. The zero-order valence-corrected chi connectivity index (χ0v) is 11.2. The standard InChI is InChI=1S/C14H15F2NO4/c15-14(16)7-6-11(12(18)19)17(9-14)13(20)21-8-10-4-2-1-3-5-10/h1-5,11H,6-9H2,(H,18,19)/t11-/m0/s1. The zero-order chi connectivity index (χ0) is 15.5. The van der Waals surface area contributed by atoms with Crippen molar-refractivity contribution in [2.75, 3.05) is 6.54 Å². The van der Waals surface area contributed by atoms with Crippen LogP contribution in [-0.2, 0) is 16.1 Å². The van der Waals surface area contributed by atoms with Gasteiger partial charge in [0.25, 0.3) is 5.92 Å². The highest BCUT2D eigenvalue weighted by Gasteiger charge is 2.45. The van der Waals surface area contributed by atoms with E-state index < -0.39 is 37.0 Å². The van der Waals surface area contributed by atoms with Crippen molar-refractivity contribution in [1.29, 1.82) is 0 Å². The van der Waals surface area contributed by atoms with Gasteiger partial charge in [-0.05, 0) is 12.0 Å². The summed E-state index contributed by atoms with van der Waals surface area (Å²) in [6.45, 7) is -1.02. The van der Waals surface area contributed by atoms with Crippen molar-refractivity contribution in [3.05, 3.63) is 35.9 Å². The number of nitrogens with zero attached hydrogens (tertiary/aromatic N) is 1. The van der Waals surface area contributed by atoms with Gasteiger partial charge in [0, 0.05) is 6.42 Å². The Balaban J connectivity index is 2.02. The lowest BCUT2D eigenvalue weighted by Gasteiger charge is -2.36. The molecule has 1 amide bonds. The number of piperidine rings is 1. The third kappa shape index (κ3) is 3.90. The average molecular weight is 299 g/mol. The van der Waals surface area contributed by atoms with E-state index in [1.807, 2.05) is 0 Å². The van der Waals surface area contributed by atoms with Crippen molar-refractivity contribution in [2.45, 2.75) is 31.4 Å². The number of carboxylic acid groups (broad SMARTS) is 1. The maximum absolute atomic E-state index is 13.4. The molecular weight excluding hydrogens is 284 g/mol. The van der Waals surface area contributed by atoms with E-state index >= 15 is 0 Å². The van der Waals surface area contributed by atoms with Gasteiger partial charge in [-0.15, -0.1) is 0 Å². The summed E-state index contributed by atoms with van der Waals surface area (Å²) in [7, 11) is 0. The molecule has 2 rings (SSSR count). The molecule has 1 aromatic rings. The fourth-order valence-electron chi connectivity index (χ4n) is 2.19. The molecule has 0 radical (unpaired) electrons. The van der Waals surface area contributed by atoms with Crippen LogP contribution in [-0.4, -0.2) is 40.6 Å². The van der Waals surface area contributed by atoms with E-state index in [1.54, 1.807) is 30.3 Å². The van der Waals surface area contributed by atoms with Crippen molar-refractivity contribution in [3.8, 4) is 0 Å². The first kappa shape index (κ1) is 15.2. The summed E-state index contributed by atoms with van der Waals surface area (Å²) in [5.74, 6) is -4.39. The lowest BCUT2D eigenvalue weighted by Crippen LogP contribution is -2.54. The fraction of sp³-hybridized carbons (Fsp3) is 0.429. The SMILES string of the molecule is O=C(O)[C@@H]1CCC(F)(F)CN1C(=O)OCc1ccccc1. The Hall–Kier alpha value is -2.18. The monoisotopic (exact) mass is 299 g/mol. The lowest BCUT2D eigenvalue weighted by atomic mass is 10.00. The number of halogens is 2. The third-order valence-electron chi connectivity index (χ3n) is 3.29. The van der Waals surface area contributed by atoms with E-state index in [4.69, 9.17) is 9.84 Å². The summed E-state index contributed by atoms with van der Waals surface area (Å²) in [5.41, 5.74) is 0.696. The quantitative estimate of drug-likeness (QED) is 0.931. The van der Waals surface area contributed by atoms with Gasteiger partial charge < -0.3 is 9.84 Å². The molecule has 1 fully saturated rings. The van der Waals surface area contributed by atoms with Crippen LogP contribution in [0.5, 0.6) is 0 Å². The number of alkyl halides is 2. The molecule has 0 unspecified atom stereocenters. The molecule has 0 spiro atoms. The summed E-state index contributed by atoms with van der Waals surface area (Å²) >= 11 is 0. The number of amides is 1. The van der Waals surface area contributed by atoms with Crippen LogP contribution in [0.15, 0.2) is 30.3 Å². The van der Waals surface area contributed by atoms with Crippen LogP contribution in [0, 0.1) is 0 Å². The van der Waals surface area contributed by atoms with Crippen molar-refractivity contribution < 1.29 is 28.2 Å². The number of carbonyl (C=O) groups excluding carboxylic acids is 1. The maximum atomic E-state index is 13.4. The number of ether oxygens (including phenoxy) is 1. The van der Waals surface area contributed by atoms with Crippen molar-refractivity contribution in [1.82, 2.24) is 4.90 Å². The predicted octanol–water partition coefficient (Wildman–Crippen LogP) is 2.51. The summed E-state index contributed by atoms with van der Waals surface area (Å²) < 4.78 is 31.7. The Morgan fingerprint density at radius 3 is 2.62 bits per heavy atom. The molecule has 1 N–H and O–H groups in total. The van der Waals surface area contributed by atoms with Gasteiger partial charge in [0.05, 0.1) is 6.54 Å². The Labute approximate surface area is 120 Å². The van der Waals surface area contributed by atoms with E-state index in [0.717, 1.165) is 0 Å². The molecule has 1 heterocycles. The van der Waals surface area contributed by atoms with Crippen LogP contribution in [0.4, 0.5) is 13.6 Å². The van der Waals surface area contributed by atoms with Gasteiger partial charge in [0.2, 0.25) is 0 Å². The lowest BCUT2D eigenvalue weighted by molar-refractivity contribution is -0.150. The van der Waals surface area contributed by atoms with Gasteiger partial charge in [0.15, 0.2) is 0 Å². The molecule has 1 aromatic carbocycles. The number of rotatable bonds is 3. The fourth-order valence-corrected chi connectivity index (χ4v) is 2.19. The van der Waals surface area contributed by atoms with Gasteiger partial charge in [-0.2, -0.15) is 0 Å². The number of benzene rings is 1. The molecule has 1 aliphatic heterocycles. The molecular formula is C14H15F2NO4. The first-order valence-corrected chi connectivity index (χ1v) is 6.47. The van der Waals surface area contributed by atoms with E-state index in [2.05, 4.69) is 0 Å². The molecule has 0 aliphatic carbocycles.